The number of carbonyl (C=O) groups excluding carboxylic acids is 1. The number of nitrogens with zero attached hydrogens (tertiary/aromatic N) is 2. The van der Waals surface area contributed by atoms with E-state index < -0.39 is 11.7 Å². The summed E-state index contributed by atoms with van der Waals surface area (Å²) in [5, 5.41) is 2.75. The fourth-order valence-electron chi connectivity index (χ4n) is 1.79. The quantitative estimate of drug-likeness (QED) is 0.809. The third-order valence-corrected chi connectivity index (χ3v) is 3.25. The highest BCUT2D eigenvalue weighted by atomic mass is 79.9. The molecule has 2 heterocycles. The molecule has 0 radical (unpaired) electrons. The van der Waals surface area contributed by atoms with E-state index in [1.54, 1.807) is 12.4 Å². The molecule has 0 saturated carbocycles. The van der Waals surface area contributed by atoms with Crippen LogP contribution in [-0.2, 0) is 4.74 Å². The molecule has 0 bridgehead atoms. The Morgan fingerprint density at radius 3 is 2.64 bits per heavy atom. The number of imidazole rings is 1. The molecule has 0 aromatic carbocycles. The highest BCUT2D eigenvalue weighted by Crippen LogP contribution is 2.20. The molecular formula is C15H19BrN4O2. The maximum atomic E-state index is 11.8. The molecule has 0 aliphatic rings. The largest absolute Gasteiger partial charge is 0.444 e. The van der Waals surface area contributed by atoms with Crippen LogP contribution in [0.4, 0.5) is 4.79 Å². The first-order valence-corrected chi connectivity index (χ1v) is 7.70. The molecule has 7 heteroatoms. The van der Waals surface area contributed by atoms with Crippen LogP contribution in [0.15, 0.2) is 29.1 Å². The first-order chi connectivity index (χ1) is 10.2. The van der Waals surface area contributed by atoms with E-state index in [0.29, 0.717) is 5.82 Å². The van der Waals surface area contributed by atoms with Gasteiger partial charge in [-0.2, -0.15) is 0 Å². The maximum Gasteiger partial charge on any atom is 0.408 e. The summed E-state index contributed by atoms with van der Waals surface area (Å²) in [4.78, 5) is 23.4. The molecule has 118 valence electrons. The molecule has 1 atom stereocenters. The minimum absolute atomic E-state index is 0.285. The first kappa shape index (κ1) is 16.5. The van der Waals surface area contributed by atoms with Gasteiger partial charge in [-0.05, 0) is 55.8 Å². The molecule has 0 fully saturated rings. The molecule has 0 spiro atoms. The SMILES string of the molecule is C[C@H](NC(=O)OC(C)(C)C)c1ncc(-c2ccc(Br)nc2)[nH]1. The van der Waals surface area contributed by atoms with E-state index in [1.807, 2.05) is 39.8 Å². The van der Waals surface area contributed by atoms with Crippen LogP contribution in [0.25, 0.3) is 11.3 Å². The summed E-state index contributed by atoms with van der Waals surface area (Å²) in [6.07, 6.45) is 2.99. The van der Waals surface area contributed by atoms with Gasteiger partial charge in [0.05, 0.1) is 17.9 Å². The number of rotatable bonds is 3. The monoisotopic (exact) mass is 366 g/mol. The summed E-state index contributed by atoms with van der Waals surface area (Å²) in [6, 6.07) is 3.51. The second-order valence-corrected chi connectivity index (χ2v) is 6.73. The number of halogens is 1. The van der Waals surface area contributed by atoms with Gasteiger partial charge in [0.15, 0.2) is 0 Å². The van der Waals surface area contributed by atoms with E-state index in [-0.39, 0.29) is 6.04 Å². The zero-order chi connectivity index (χ0) is 16.3. The van der Waals surface area contributed by atoms with Gasteiger partial charge in [0.1, 0.15) is 16.0 Å². The number of hydrogen-bond donors (Lipinski definition) is 2. The van der Waals surface area contributed by atoms with Crippen LogP contribution < -0.4 is 5.32 Å². The van der Waals surface area contributed by atoms with E-state index in [4.69, 9.17) is 4.74 Å². The lowest BCUT2D eigenvalue weighted by molar-refractivity contribution is 0.0506. The standard InChI is InChI=1S/C15H19BrN4O2/c1-9(19-14(21)22-15(2,3)4)13-18-8-11(20-13)10-5-6-12(16)17-7-10/h5-9H,1-4H3,(H,18,20)(H,19,21)/t9-/m0/s1. The molecule has 6 nitrogen and oxygen atoms in total. The number of carbonyl (C=O) groups is 1. The Hall–Kier alpha value is -1.89. The van der Waals surface area contributed by atoms with Gasteiger partial charge in [0.25, 0.3) is 0 Å². The summed E-state index contributed by atoms with van der Waals surface area (Å²) >= 11 is 3.30. The molecule has 2 rings (SSSR count). The molecule has 0 aliphatic heterocycles. The Labute approximate surface area is 137 Å². The average Bonchev–Trinajstić information content (AvgIpc) is 2.86. The van der Waals surface area contributed by atoms with Gasteiger partial charge in [-0.15, -0.1) is 0 Å². The number of nitrogens with one attached hydrogen (secondary N) is 2. The molecule has 22 heavy (non-hydrogen) atoms. The summed E-state index contributed by atoms with van der Waals surface area (Å²) in [5.41, 5.74) is 1.24. The van der Waals surface area contributed by atoms with Crippen LogP contribution in [0.1, 0.15) is 39.6 Å². The van der Waals surface area contributed by atoms with Gasteiger partial charge in [-0.3, -0.25) is 0 Å². The fraction of sp³-hybridized carbons (Fsp3) is 0.400. The second-order valence-electron chi connectivity index (χ2n) is 5.92. The van der Waals surface area contributed by atoms with Crippen molar-refractivity contribution in [3.63, 3.8) is 0 Å². The molecule has 1 amide bonds. The van der Waals surface area contributed by atoms with Crippen molar-refractivity contribution in [2.24, 2.45) is 0 Å². The third kappa shape index (κ3) is 4.56. The van der Waals surface area contributed by atoms with Crippen molar-refractivity contribution in [3.8, 4) is 11.3 Å². The number of H-pyrrole nitrogens is 1. The van der Waals surface area contributed by atoms with Crippen molar-refractivity contribution in [1.82, 2.24) is 20.3 Å². The lowest BCUT2D eigenvalue weighted by Gasteiger charge is -2.21. The van der Waals surface area contributed by atoms with Crippen molar-refractivity contribution in [2.45, 2.75) is 39.3 Å². The van der Waals surface area contributed by atoms with Gasteiger partial charge in [0.2, 0.25) is 0 Å². The van der Waals surface area contributed by atoms with E-state index in [1.165, 1.54) is 0 Å². The van der Waals surface area contributed by atoms with E-state index >= 15 is 0 Å². The first-order valence-electron chi connectivity index (χ1n) is 6.91. The second kappa shape index (κ2) is 6.48. The Morgan fingerprint density at radius 2 is 2.05 bits per heavy atom. The predicted octanol–water partition coefficient (Wildman–Crippen LogP) is 3.82. The van der Waals surface area contributed by atoms with Crippen molar-refractivity contribution in [1.29, 1.82) is 0 Å². The van der Waals surface area contributed by atoms with Crippen molar-refractivity contribution in [3.05, 3.63) is 35.0 Å². The molecule has 0 saturated heterocycles. The molecule has 2 aromatic heterocycles. The summed E-state index contributed by atoms with van der Waals surface area (Å²) < 4.78 is 6.00. The van der Waals surface area contributed by atoms with Crippen LogP contribution in [0.3, 0.4) is 0 Å². The normalized spacial score (nSPS) is 12.8. The zero-order valence-corrected chi connectivity index (χ0v) is 14.6. The Morgan fingerprint density at radius 1 is 1.32 bits per heavy atom. The number of aromatic nitrogens is 3. The highest BCUT2D eigenvalue weighted by molar-refractivity contribution is 9.10. The molecule has 2 N–H and O–H groups in total. The zero-order valence-electron chi connectivity index (χ0n) is 13.0. The van der Waals surface area contributed by atoms with Crippen LogP contribution >= 0.6 is 15.9 Å². The van der Waals surface area contributed by atoms with Crippen LogP contribution in [0, 0.1) is 0 Å². The van der Waals surface area contributed by atoms with E-state index in [2.05, 4.69) is 36.2 Å². The Bertz CT molecular complexity index is 646. The molecule has 2 aromatic rings. The lowest BCUT2D eigenvalue weighted by Crippen LogP contribution is -2.34. The molecule has 0 aliphatic carbocycles. The van der Waals surface area contributed by atoms with Crippen LogP contribution in [0.2, 0.25) is 0 Å². The molecular weight excluding hydrogens is 348 g/mol. The van der Waals surface area contributed by atoms with Gasteiger partial charge in [0, 0.05) is 11.8 Å². The Kier molecular flexibility index (Phi) is 4.85. The minimum Gasteiger partial charge on any atom is -0.444 e. The average molecular weight is 367 g/mol. The predicted molar refractivity (Wildman–Crippen MR) is 87.3 cm³/mol. The lowest BCUT2D eigenvalue weighted by atomic mass is 10.2. The summed E-state index contributed by atoms with van der Waals surface area (Å²) in [6.45, 7) is 7.31. The fourth-order valence-corrected chi connectivity index (χ4v) is 2.03. The van der Waals surface area contributed by atoms with Crippen molar-refractivity contribution < 1.29 is 9.53 Å². The number of pyridine rings is 1. The number of aromatic amines is 1. The summed E-state index contributed by atoms with van der Waals surface area (Å²) in [5.74, 6) is 0.656. The number of alkyl carbamates (subject to hydrolysis) is 1. The van der Waals surface area contributed by atoms with Crippen LogP contribution in [0.5, 0.6) is 0 Å². The van der Waals surface area contributed by atoms with Crippen LogP contribution in [-0.4, -0.2) is 26.6 Å². The molecule has 0 unspecified atom stereocenters. The van der Waals surface area contributed by atoms with Gasteiger partial charge < -0.3 is 15.0 Å². The number of hydrogen-bond acceptors (Lipinski definition) is 4. The Balaban J connectivity index is 2.04. The van der Waals surface area contributed by atoms with Gasteiger partial charge in [-0.25, -0.2) is 14.8 Å². The third-order valence-electron chi connectivity index (χ3n) is 2.78. The van der Waals surface area contributed by atoms with Crippen molar-refractivity contribution in [2.75, 3.05) is 0 Å². The van der Waals surface area contributed by atoms with E-state index in [0.717, 1.165) is 15.9 Å². The number of amides is 1. The maximum absolute atomic E-state index is 11.8. The summed E-state index contributed by atoms with van der Waals surface area (Å²) in [7, 11) is 0. The number of ether oxygens (including phenoxy) is 1. The van der Waals surface area contributed by atoms with Gasteiger partial charge in [-0.1, -0.05) is 0 Å². The minimum atomic E-state index is -0.527. The van der Waals surface area contributed by atoms with Crippen molar-refractivity contribution >= 4 is 22.0 Å². The topological polar surface area (TPSA) is 79.9 Å². The van der Waals surface area contributed by atoms with E-state index in [9.17, 15) is 4.79 Å². The smallest absolute Gasteiger partial charge is 0.408 e. The highest BCUT2D eigenvalue weighted by Gasteiger charge is 2.19. The van der Waals surface area contributed by atoms with Gasteiger partial charge >= 0.3 is 6.09 Å².